The minimum absolute atomic E-state index is 0.659. The number of hydrogen-bond acceptors (Lipinski definition) is 3. The van der Waals surface area contributed by atoms with Crippen LogP contribution < -0.4 is 10.2 Å². The van der Waals surface area contributed by atoms with Gasteiger partial charge in [-0.15, -0.1) is 6.58 Å². The van der Waals surface area contributed by atoms with E-state index in [-0.39, 0.29) is 0 Å². The molecule has 21 heavy (non-hydrogen) atoms. The fourth-order valence-corrected chi connectivity index (χ4v) is 2.52. The van der Waals surface area contributed by atoms with Crippen molar-refractivity contribution in [3.05, 3.63) is 35.5 Å². The Morgan fingerprint density at radius 2 is 2.10 bits per heavy atom. The molecule has 1 aromatic rings. The van der Waals surface area contributed by atoms with Gasteiger partial charge in [-0.25, -0.2) is 4.98 Å². The number of hydrogen-bond donors (Lipinski definition) is 1. The summed E-state index contributed by atoms with van der Waals surface area (Å²) < 4.78 is 0. The summed E-state index contributed by atoms with van der Waals surface area (Å²) in [6.45, 7) is 18.6. The Bertz CT molecular complexity index is 452. The molecule has 0 aliphatic carbocycles. The van der Waals surface area contributed by atoms with Crippen LogP contribution in [0.4, 0.5) is 5.82 Å². The number of rotatable bonds is 9. The predicted molar refractivity (Wildman–Crippen MR) is 93.0 cm³/mol. The summed E-state index contributed by atoms with van der Waals surface area (Å²) >= 11 is 0. The van der Waals surface area contributed by atoms with Gasteiger partial charge < -0.3 is 10.2 Å². The summed E-state index contributed by atoms with van der Waals surface area (Å²) in [4.78, 5) is 7.14. The Kier molecular flexibility index (Phi) is 7.44. The highest BCUT2D eigenvalue weighted by molar-refractivity contribution is 5.52. The maximum absolute atomic E-state index is 4.81. The van der Waals surface area contributed by atoms with Crippen LogP contribution in [-0.4, -0.2) is 24.6 Å². The van der Waals surface area contributed by atoms with Crippen LogP contribution in [0.2, 0.25) is 0 Å². The lowest BCUT2D eigenvalue weighted by molar-refractivity contribution is 0.550. The van der Waals surface area contributed by atoms with Gasteiger partial charge in [0.25, 0.3) is 0 Å². The van der Waals surface area contributed by atoms with Gasteiger partial charge in [0.15, 0.2) is 0 Å². The zero-order chi connectivity index (χ0) is 15.8. The molecule has 0 atom stereocenters. The molecule has 1 heterocycles. The van der Waals surface area contributed by atoms with Crippen molar-refractivity contribution >= 4 is 5.82 Å². The zero-order valence-corrected chi connectivity index (χ0v) is 14.4. The van der Waals surface area contributed by atoms with Gasteiger partial charge in [-0.1, -0.05) is 26.8 Å². The molecule has 0 saturated carbocycles. The number of pyridine rings is 1. The van der Waals surface area contributed by atoms with Crippen LogP contribution >= 0.6 is 0 Å². The van der Waals surface area contributed by atoms with Crippen molar-refractivity contribution in [1.82, 2.24) is 10.3 Å². The number of nitrogens with one attached hydrogen (secondary N) is 1. The van der Waals surface area contributed by atoms with Crippen LogP contribution in [0, 0.1) is 19.8 Å². The van der Waals surface area contributed by atoms with Gasteiger partial charge in [0.05, 0.1) is 0 Å². The van der Waals surface area contributed by atoms with Crippen molar-refractivity contribution in [2.24, 2.45) is 5.92 Å². The van der Waals surface area contributed by atoms with Crippen molar-refractivity contribution in [1.29, 1.82) is 0 Å². The molecule has 0 aromatic carbocycles. The quantitative estimate of drug-likeness (QED) is 0.700. The fourth-order valence-electron chi connectivity index (χ4n) is 2.52. The first-order valence-corrected chi connectivity index (χ1v) is 8.03. The van der Waals surface area contributed by atoms with E-state index in [2.05, 4.69) is 57.5 Å². The van der Waals surface area contributed by atoms with E-state index >= 15 is 0 Å². The molecule has 118 valence electrons. The lowest BCUT2D eigenvalue weighted by Gasteiger charge is -2.26. The number of aromatic nitrogens is 1. The third-order valence-electron chi connectivity index (χ3n) is 3.45. The van der Waals surface area contributed by atoms with Crippen LogP contribution in [0.25, 0.3) is 0 Å². The van der Waals surface area contributed by atoms with Crippen molar-refractivity contribution in [2.45, 2.75) is 47.6 Å². The molecule has 1 rings (SSSR count). The number of aryl methyl sites for hydroxylation is 2. The summed E-state index contributed by atoms with van der Waals surface area (Å²) in [5.74, 6) is 1.78. The molecule has 0 spiro atoms. The van der Waals surface area contributed by atoms with Gasteiger partial charge >= 0.3 is 0 Å². The third kappa shape index (κ3) is 5.50. The van der Waals surface area contributed by atoms with E-state index in [1.54, 1.807) is 0 Å². The molecule has 3 nitrogen and oxygen atoms in total. The summed E-state index contributed by atoms with van der Waals surface area (Å²) in [5.41, 5.74) is 3.72. The molecular formula is C18H31N3. The number of nitrogens with zero attached hydrogens (tertiary/aromatic N) is 2. The summed E-state index contributed by atoms with van der Waals surface area (Å²) in [7, 11) is 0. The lowest BCUT2D eigenvalue weighted by Crippen LogP contribution is -2.29. The van der Waals surface area contributed by atoms with Crippen LogP contribution in [0.15, 0.2) is 18.7 Å². The van der Waals surface area contributed by atoms with E-state index in [0.717, 1.165) is 44.1 Å². The van der Waals surface area contributed by atoms with Crippen molar-refractivity contribution < 1.29 is 0 Å². The van der Waals surface area contributed by atoms with E-state index < -0.39 is 0 Å². The maximum atomic E-state index is 4.81. The van der Waals surface area contributed by atoms with Gasteiger partial charge in [0.1, 0.15) is 5.82 Å². The van der Waals surface area contributed by atoms with E-state index in [1.807, 2.05) is 6.08 Å². The Labute approximate surface area is 130 Å². The average Bonchev–Trinajstić information content (AvgIpc) is 2.40. The van der Waals surface area contributed by atoms with Crippen LogP contribution in [0.5, 0.6) is 0 Å². The second-order valence-electron chi connectivity index (χ2n) is 6.14. The van der Waals surface area contributed by atoms with Crippen LogP contribution in [-0.2, 0) is 6.54 Å². The Morgan fingerprint density at radius 3 is 2.67 bits per heavy atom. The Balaban J connectivity index is 3.05. The van der Waals surface area contributed by atoms with Crippen LogP contribution in [0.1, 0.15) is 44.0 Å². The molecule has 1 aromatic heterocycles. The molecule has 0 aliphatic heterocycles. The monoisotopic (exact) mass is 289 g/mol. The molecule has 0 saturated heterocycles. The van der Waals surface area contributed by atoms with Crippen molar-refractivity contribution in [2.75, 3.05) is 24.5 Å². The van der Waals surface area contributed by atoms with E-state index in [4.69, 9.17) is 4.98 Å². The fraction of sp³-hybridized carbons (Fsp3) is 0.611. The SMILES string of the molecule is C=CCN(CCC)c1nc(C)cc(C)c1CNCC(C)C. The minimum Gasteiger partial charge on any atom is -0.353 e. The molecule has 0 fully saturated rings. The Hall–Kier alpha value is -1.35. The molecule has 1 N–H and O–H groups in total. The molecule has 0 bridgehead atoms. The smallest absolute Gasteiger partial charge is 0.133 e. The van der Waals surface area contributed by atoms with Gasteiger partial charge in [0.2, 0.25) is 0 Å². The lowest BCUT2D eigenvalue weighted by atomic mass is 10.1. The second kappa shape index (κ2) is 8.83. The summed E-state index contributed by atoms with van der Waals surface area (Å²) in [5, 5.41) is 3.55. The van der Waals surface area contributed by atoms with Crippen LogP contribution in [0.3, 0.4) is 0 Å². The highest BCUT2D eigenvalue weighted by Crippen LogP contribution is 2.23. The largest absolute Gasteiger partial charge is 0.353 e. The third-order valence-corrected chi connectivity index (χ3v) is 3.45. The van der Waals surface area contributed by atoms with E-state index in [1.165, 1.54) is 11.1 Å². The maximum Gasteiger partial charge on any atom is 0.133 e. The molecule has 0 amide bonds. The standard InChI is InChI=1S/C18H31N3/c1-7-9-21(10-8-2)18-17(13-19-12-14(3)4)15(5)11-16(6)20-18/h7,11,14,19H,1,8-10,12-13H2,2-6H3. The summed E-state index contributed by atoms with van der Waals surface area (Å²) in [6, 6.07) is 2.17. The first-order valence-electron chi connectivity index (χ1n) is 8.03. The second-order valence-corrected chi connectivity index (χ2v) is 6.14. The normalized spacial score (nSPS) is 11.0. The van der Waals surface area contributed by atoms with Crippen molar-refractivity contribution in [3.8, 4) is 0 Å². The molecule has 0 unspecified atom stereocenters. The van der Waals surface area contributed by atoms with Gasteiger partial charge in [0, 0.05) is 30.9 Å². The first-order chi connectivity index (χ1) is 9.99. The zero-order valence-electron chi connectivity index (χ0n) is 14.4. The molecular weight excluding hydrogens is 258 g/mol. The highest BCUT2D eigenvalue weighted by Gasteiger charge is 2.14. The summed E-state index contributed by atoms with van der Waals surface area (Å²) in [6.07, 6.45) is 3.07. The molecule has 0 radical (unpaired) electrons. The molecule has 0 aliphatic rings. The van der Waals surface area contributed by atoms with Gasteiger partial charge in [-0.05, 0) is 44.4 Å². The minimum atomic E-state index is 0.659. The van der Waals surface area contributed by atoms with Gasteiger partial charge in [-0.2, -0.15) is 0 Å². The van der Waals surface area contributed by atoms with Gasteiger partial charge in [-0.3, -0.25) is 0 Å². The first kappa shape index (κ1) is 17.7. The average molecular weight is 289 g/mol. The predicted octanol–water partition coefficient (Wildman–Crippen LogP) is 3.85. The number of anilines is 1. The topological polar surface area (TPSA) is 28.2 Å². The highest BCUT2D eigenvalue weighted by atomic mass is 15.2. The van der Waals surface area contributed by atoms with Crippen molar-refractivity contribution in [3.63, 3.8) is 0 Å². The molecule has 3 heteroatoms. The van der Waals surface area contributed by atoms with E-state index in [0.29, 0.717) is 5.92 Å². The van der Waals surface area contributed by atoms with E-state index in [9.17, 15) is 0 Å². The Morgan fingerprint density at radius 1 is 1.38 bits per heavy atom.